The topological polar surface area (TPSA) is 38.8 Å². The number of rotatable bonds is 5. The first kappa shape index (κ1) is 17.5. The fourth-order valence-electron chi connectivity index (χ4n) is 1.92. The van der Waals surface area contributed by atoms with Crippen molar-refractivity contribution in [3.63, 3.8) is 0 Å². The van der Waals surface area contributed by atoms with Gasteiger partial charge in [-0.3, -0.25) is 0 Å². The Morgan fingerprint density at radius 2 is 1.81 bits per heavy atom. The Kier molecular flexibility index (Phi) is 6.21. The number of benzene rings is 1. The van der Waals surface area contributed by atoms with E-state index in [0.29, 0.717) is 13.2 Å². The number of amides is 1. The van der Waals surface area contributed by atoms with Crippen LogP contribution in [0.2, 0.25) is 0 Å². The van der Waals surface area contributed by atoms with Gasteiger partial charge in [-0.05, 0) is 45.7 Å². The van der Waals surface area contributed by atoms with Crippen molar-refractivity contribution in [1.82, 2.24) is 4.90 Å². The molecule has 1 amide bonds. The number of nitrogens with zero attached hydrogens (tertiary/aromatic N) is 1. The highest BCUT2D eigenvalue weighted by Gasteiger charge is 2.19. The molecule has 1 aromatic carbocycles. The standard InChI is InChI=1S/C17H27NO3/c1-7-20-13(2)15-10-8-14(9-11-15)12-18(6)16(19)21-17(3,4)5/h8-11,13H,7,12H2,1-6H3. The molecule has 4 nitrogen and oxygen atoms in total. The number of carbonyl (C=O) groups excluding carboxylic acids is 1. The SMILES string of the molecule is CCOC(C)c1ccc(CN(C)C(=O)OC(C)(C)C)cc1. The fourth-order valence-corrected chi connectivity index (χ4v) is 1.92. The quantitative estimate of drug-likeness (QED) is 0.818. The van der Waals surface area contributed by atoms with Crippen LogP contribution in [0.3, 0.4) is 0 Å². The molecule has 1 rings (SSSR count). The van der Waals surface area contributed by atoms with Crippen LogP contribution in [-0.4, -0.2) is 30.2 Å². The first-order chi connectivity index (χ1) is 9.73. The molecule has 0 aliphatic rings. The monoisotopic (exact) mass is 293 g/mol. The molecular weight excluding hydrogens is 266 g/mol. The Morgan fingerprint density at radius 1 is 1.24 bits per heavy atom. The van der Waals surface area contributed by atoms with Crippen LogP contribution in [-0.2, 0) is 16.0 Å². The lowest BCUT2D eigenvalue weighted by Gasteiger charge is -2.24. The van der Waals surface area contributed by atoms with Gasteiger partial charge in [0.05, 0.1) is 6.10 Å². The van der Waals surface area contributed by atoms with Crippen LogP contribution in [0.15, 0.2) is 24.3 Å². The molecule has 21 heavy (non-hydrogen) atoms. The molecule has 4 heteroatoms. The predicted molar refractivity (Wildman–Crippen MR) is 84.2 cm³/mol. The lowest BCUT2D eigenvalue weighted by atomic mass is 10.1. The van der Waals surface area contributed by atoms with Crippen molar-refractivity contribution >= 4 is 6.09 Å². The summed E-state index contributed by atoms with van der Waals surface area (Å²) in [6.07, 6.45) is -0.220. The molecular formula is C17H27NO3. The van der Waals surface area contributed by atoms with Crippen LogP contribution >= 0.6 is 0 Å². The van der Waals surface area contributed by atoms with E-state index < -0.39 is 5.60 Å². The molecule has 0 saturated carbocycles. The third-order valence-corrected chi connectivity index (χ3v) is 2.99. The van der Waals surface area contributed by atoms with Crippen molar-refractivity contribution in [3.05, 3.63) is 35.4 Å². The Balaban J connectivity index is 2.61. The van der Waals surface area contributed by atoms with Crippen LogP contribution in [0.25, 0.3) is 0 Å². The molecule has 0 aromatic heterocycles. The Morgan fingerprint density at radius 3 is 2.29 bits per heavy atom. The van der Waals surface area contributed by atoms with E-state index in [1.165, 1.54) is 0 Å². The lowest BCUT2D eigenvalue weighted by molar-refractivity contribution is 0.0285. The van der Waals surface area contributed by atoms with Gasteiger partial charge in [-0.1, -0.05) is 24.3 Å². The van der Waals surface area contributed by atoms with E-state index in [2.05, 4.69) is 0 Å². The molecule has 0 heterocycles. The van der Waals surface area contributed by atoms with E-state index in [1.54, 1.807) is 11.9 Å². The summed E-state index contributed by atoms with van der Waals surface area (Å²) in [5, 5.41) is 0. The van der Waals surface area contributed by atoms with E-state index in [4.69, 9.17) is 9.47 Å². The Bertz CT molecular complexity index is 448. The highest BCUT2D eigenvalue weighted by Crippen LogP contribution is 2.18. The van der Waals surface area contributed by atoms with Gasteiger partial charge in [-0.25, -0.2) is 4.79 Å². The zero-order chi connectivity index (χ0) is 16.0. The van der Waals surface area contributed by atoms with Crippen molar-refractivity contribution in [2.75, 3.05) is 13.7 Å². The zero-order valence-corrected chi connectivity index (χ0v) is 14.0. The third-order valence-electron chi connectivity index (χ3n) is 2.99. The number of hydrogen-bond donors (Lipinski definition) is 0. The predicted octanol–water partition coefficient (Wildman–Crippen LogP) is 4.15. The minimum absolute atomic E-state index is 0.0904. The molecule has 0 bridgehead atoms. The molecule has 1 atom stereocenters. The maximum atomic E-state index is 11.9. The van der Waals surface area contributed by atoms with E-state index in [1.807, 2.05) is 58.9 Å². The smallest absolute Gasteiger partial charge is 0.410 e. The van der Waals surface area contributed by atoms with Gasteiger partial charge in [0.1, 0.15) is 5.60 Å². The maximum Gasteiger partial charge on any atom is 0.410 e. The van der Waals surface area contributed by atoms with Crippen molar-refractivity contribution in [2.24, 2.45) is 0 Å². The third kappa shape index (κ3) is 6.17. The summed E-state index contributed by atoms with van der Waals surface area (Å²) in [6.45, 7) is 10.8. The zero-order valence-electron chi connectivity index (χ0n) is 14.0. The summed E-state index contributed by atoms with van der Waals surface area (Å²) in [4.78, 5) is 13.5. The minimum Gasteiger partial charge on any atom is -0.444 e. The number of ether oxygens (including phenoxy) is 2. The molecule has 118 valence electrons. The van der Waals surface area contributed by atoms with Gasteiger partial charge in [0.15, 0.2) is 0 Å². The van der Waals surface area contributed by atoms with Crippen LogP contribution < -0.4 is 0 Å². The van der Waals surface area contributed by atoms with Crippen LogP contribution in [0, 0.1) is 0 Å². The molecule has 0 N–H and O–H groups in total. The lowest BCUT2D eigenvalue weighted by Crippen LogP contribution is -2.33. The first-order valence-corrected chi connectivity index (χ1v) is 7.37. The highest BCUT2D eigenvalue weighted by atomic mass is 16.6. The van der Waals surface area contributed by atoms with Crippen LogP contribution in [0.5, 0.6) is 0 Å². The second kappa shape index (κ2) is 7.46. The largest absolute Gasteiger partial charge is 0.444 e. The summed E-state index contributed by atoms with van der Waals surface area (Å²) < 4.78 is 10.9. The van der Waals surface area contributed by atoms with Gasteiger partial charge in [-0.15, -0.1) is 0 Å². The average molecular weight is 293 g/mol. The minimum atomic E-state index is -0.470. The molecule has 0 spiro atoms. The molecule has 0 radical (unpaired) electrons. The second-order valence-corrected chi connectivity index (χ2v) is 6.18. The molecule has 0 aliphatic heterocycles. The summed E-state index contributed by atoms with van der Waals surface area (Å²) in [5.41, 5.74) is 1.73. The summed E-state index contributed by atoms with van der Waals surface area (Å²) in [5.74, 6) is 0. The summed E-state index contributed by atoms with van der Waals surface area (Å²) in [6, 6.07) is 8.12. The first-order valence-electron chi connectivity index (χ1n) is 7.37. The molecule has 1 aromatic rings. The van der Waals surface area contributed by atoms with Gasteiger partial charge < -0.3 is 14.4 Å². The number of carbonyl (C=O) groups is 1. The average Bonchev–Trinajstić information content (AvgIpc) is 2.37. The second-order valence-electron chi connectivity index (χ2n) is 6.18. The summed E-state index contributed by atoms with van der Waals surface area (Å²) >= 11 is 0. The Hall–Kier alpha value is -1.55. The van der Waals surface area contributed by atoms with Gasteiger partial charge in [0, 0.05) is 20.2 Å². The van der Waals surface area contributed by atoms with Crippen LogP contribution in [0.1, 0.15) is 51.8 Å². The van der Waals surface area contributed by atoms with E-state index in [-0.39, 0.29) is 12.2 Å². The highest BCUT2D eigenvalue weighted by molar-refractivity contribution is 5.67. The number of hydrogen-bond acceptors (Lipinski definition) is 3. The van der Waals surface area contributed by atoms with Crippen molar-refractivity contribution in [3.8, 4) is 0 Å². The van der Waals surface area contributed by atoms with Crippen LogP contribution in [0.4, 0.5) is 4.79 Å². The van der Waals surface area contributed by atoms with Crippen molar-refractivity contribution < 1.29 is 14.3 Å². The van der Waals surface area contributed by atoms with Crippen molar-refractivity contribution in [1.29, 1.82) is 0 Å². The van der Waals surface area contributed by atoms with E-state index >= 15 is 0 Å². The molecule has 0 aliphatic carbocycles. The molecule has 1 unspecified atom stereocenters. The summed E-state index contributed by atoms with van der Waals surface area (Å²) in [7, 11) is 1.74. The van der Waals surface area contributed by atoms with Gasteiger partial charge in [-0.2, -0.15) is 0 Å². The van der Waals surface area contributed by atoms with Crippen molar-refractivity contribution in [2.45, 2.75) is 52.9 Å². The normalized spacial score (nSPS) is 12.9. The van der Waals surface area contributed by atoms with E-state index in [9.17, 15) is 4.79 Å². The fraction of sp³-hybridized carbons (Fsp3) is 0.588. The maximum absolute atomic E-state index is 11.9. The van der Waals surface area contributed by atoms with E-state index in [0.717, 1.165) is 11.1 Å². The molecule has 0 saturated heterocycles. The van der Waals surface area contributed by atoms with Gasteiger partial charge >= 0.3 is 6.09 Å². The Labute approximate surface area is 128 Å². The molecule has 0 fully saturated rings. The van der Waals surface area contributed by atoms with Gasteiger partial charge in [0.2, 0.25) is 0 Å². The van der Waals surface area contributed by atoms with Gasteiger partial charge in [0.25, 0.3) is 0 Å².